The van der Waals surface area contributed by atoms with Gasteiger partial charge in [-0.3, -0.25) is 4.79 Å². The zero-order valence-corrected chi connectivity index (χ0v) is 19.1. The van der Waals surface area contributed by atoms with Crippen molar-refractivity contribution >= 4 is 27.3 Å². The van der Waals surface area contributed by atoms with Crippen LogP contribution in [-0.2, 0) is 21.2 Å². The molecule has 0 radical (unpaired) electrons. The van der Waals surface area contributed by atoms with E-state index >= 15 is 0 Å². The zero-order chi connectivity index (χ0) is 22.0. The van der Waals surface area contributed by atoms with E-state index in [0.29, 0.717) is 19.4 Å². The monoisotopic (exact) mass is 441 g/mol. The van der Waals surface area contributed by atoms with Crippen molar-refractivity contribution in [1.29, 1.82) is 0 Å². The molecule has 0 unspecified atom stereocenters. The van der Waals surface area contributed by atoms with Gasteiger partial charge < -0.3 is 9.80 Å². The van der Waals surface area contributed by atoms with Crippen molar-refractivity contribution < 1.29 is 13.2 Å². The van der Waals surface area contributed by atoms with Crippen LogP contribution >= 0.6 is 0 Å². The molecule has 2 aromatic rings. The number of sulfonamides is 1. The second kappa shape index (κ2) is 9.01. The van der Waals surface area contributed by atoms with Gasteiger partial charge in [0.15, 0.2) is 0 Å². The van der Waals surface area contributed by atoms with E-state index in [4.69, 9.17) is 0 Å². The number of amides is 1. The van der Waals surface area contributed by atoms with Gasteiger partial charge in [-0.05, 0) is 74.1 Å². The van der Waals surface area contributed by atoms with Crippen LogP contribution in [-0.4, -0.2) is 34.0 Å². The molecule has 2 heterocycles. The van der Waals surface area contributed by atoms with Crippen LogP contribution in [0.15, 0.2) is 47.4 Å². The van der Waals surface area contributed by atoms with Crippen LogP contribution in [0.2, 0.25) is 0 Å². The van der Waals surface area contributed by atoms with Crippen LogP contribution in [0.5, 0.6) is 0 Å². The number of nitrogens with one attached hydrogen (secondary N) is 1. The van der Waals surface area contributed by atoms with Crippen molar-refractivity contribution in [2.45, 2.75) is 56.9 Å². The lowest BCUT2D eigenvalue weighted by atomic mass is 10.1. The number of anilines is 2. The zero-order valence-electron chi connectivity index (χ0n) is 18.3. The molecule has 7 heteroatoms. The minimum Gasteiger partial charge on any atom is -0.372 e. The number of nitrogens with zero attached hydrogens (tertiary/aromatic N) is 2. The number of piperidine rings is 1. The molecule has 4 rings (SSSR count). The summed E-state index contributed by atoms with van der Waals surface area (Å²) in [6.45, 7) is 6.48. The Kier molecular flexibility index (Phi) is 6.34. The number of carbonyl (C=O) groups is 1. The van der Waals surface area contributed by atoms with Gasteiger partial charge in [0.25, 0.3) is 0 Å². The Labute approximate surface area is 185 Å². The van der Waals surface area contributed by atoms with Crippen LogP contribution < -0.4 is 14.5 Å². The Morgan fingerprint density at radius 3 is 2.42 bits per heavy atom. The van der Waals surface area contributed by atoms with E-state index in [0.717, 1.165) is 29.9 Å². The molecule has 0 aliphatic carbocycles. The van der Waals surface area contributed by atoms with Gasteiger partial charge in [0.05, 0.1) is 4.90 Å². The van der Waals surface area contributed by atoms with Gasteiger partial charge >= 0.3 is 0 Å². The highest BCUT2D eigenvalue weighted by Crippen LogP contribution is 2.31. The fourth-order valence-corrected chi connectivity index (χ4v) is 5.77. The summed E-state index contributed by atoms with van der Waals surface area (Å²) in [5, 5.41) is 0. The number of benzene rings is 2. The molecule has 0 spiro atoms. The lowest BCUT2D eigenvalue weighted by Crippen LogP contribution is -2.29. The van der Waals surface area contributed by atoms with Crippen LogP contribution in [0.3, 0.4) is 0 Å². The molecule has 166 valence electrons. The quantitative estimate of drug-likeness (QED) is 0.735. The molecule has 1 N–H and O–H groups in total. The first-order valence-electron chi connectivity index (χ1n) is 11.2. The largest absolute Gasteiger partial charge is 0.372 e. The summed E-state index contributed by atoms with van der Waals surface area (Å²) in [6.07, 6.45) is 4.86. The predicted octanol–water partition coefficient (Wildman–Crippen LogP) is 4.02. The smallest absolute Gasteiger partial charge is 0.241 e. The van der Waals surface area contributed by atoms with E-state index in [1.807, 2.05) is 26.0 Å². The predicted molar refractivity (Wildman–Crippen MR) is 124 cm³/mol. The van der Waals surface area contributed by atoms with Crippen molar-refractivity contribution in [3.63, 3.8) is 0 Å². The van der Waals surface area contributed by atoms with E-state index < -0.39 is 10.0 Å². The lowest BCUT2D eigenvalue weighted by Gasteiger charge is -2.29. The summed E-state index contributed by atoms with van der Waals surface area (Å²) in [7, 11) is -3.67. The summed E-state index contributed by atoms with van der Waals surface area (Å²) in [5.41, 5.74) is 3.86. The number of rotatable bonds is 6. The van der Waals surface area contributed by atoms with Gasteiger partial charge in [-0.25, -0.2) is 13.1 Å². The van der Waals surface area contributed by atoms with Crippen molar-refractivity contribution in [2.24, 2.45) is 0 Å². The Morgan fingerprint density at radius 2 is 1.74 bits per heavy atom. The Balaban J connectivity index is 1.47. The van der Waals surface area contributed by atoms with E-state index in [-0.39, 0.29) is 16.8 Å². The third-order valence-corrected chi connectivity index (χ3v) is 7.84. The number of fused-ring (bicyclic) bond motifs is 1. The second-order valence-electron chi connectivity index (χ2n) is 8.42. The molecule has 0 saturated carbocycles. The molecular weight excluding hydrogens is 410 g/mol. The third kappa shape index (κ3) is 4.62. The minimum atomic E-state index is -3.67. The summed E-state index contributed by atoms with van der Waals surface area (Å²) in [6, 6.07) is 12.9. The SMILES string of the molecule is CCC(=O)N1CCc2cc(S(=O)(=O)N[C@H](C)c3ccc(N4CCCCC4)cc3)ccc21. The van der Waals surface area contributed by atoms with E-state index in [9.17, 15) is 13.2 Å². The summed E-state index contributed by atoms with van der Waals surface area (Å²) in [4.78, 5) is 16.5. The molecule has 1 fully saturated rings. The number of hydrogen-bond acceptors (Lipinski definition) is 4. The minimum absolute atomic E-state index is 0.0640. The van der Waals surface area contributed by atoms with Gasteiger partial charge in [-0.15, -0.1) is 0 Å². The number of hydrogen-bond donors (Lipinski definition) is 1. The van der Waals surface area contributed by atoms with Gasteiger partial charge in [0.2, 0.25) is 15.9 Å². The first-order chi connectivity index (χ1) is 14.9. The third-order valence-electron chi connectivity index (χ3n) is 6.31. The molecule has 2 aromatic carbocycles. The molecule has 1 atom stereocenters. The number of carbonyl (C=O) groups excluding carboxylic acids is 1. The topological polar surface area (TPSA) is 69.7 Å². The van der Waals surface area contributed by atoms with Gasteiger partial charge in [0.1, 0.15) is 0 Å². The molecule has 6 nitrogen and oxygen atoms in total. The van der Waals surface area contributed by atoms with Crippen molar-refractivity contribution in [3.05, 3.63) is 53.6 Å². The average molecular weight is 442 g/mol. The highest BCUT2D eigenvalue weighted by molar-refractivity contribution is 7.89. The Hall–Kier alpha value is -2.38. The highest BCUT2D eigenvalue weighted by Gasteiger charge is 2.26. The maximum atomic E-state index is 13.0. The van der Waals surface area contributed by atoms with Gasteiger partial charge in [-0.2, -0.15) is 0 Å². The molecule has 1 amide bonds. The Bertz CT molecular complexity index is 1040. The molecule has 2 aliphatic rings. The summed E-state index contributed by atoms with van der Waals surface area (Å²) >= 11 is 0. The van der Waals surface area contributed by atoms with Crippen LogP contribution in [0.1, 0.15) is 56.7 Å². The standard InChI is InChI=1S/C24H31N3O3S/c1-3-24(28)27-16-13-20-17-22(11-12-23(20)27)31(29,30)25-18(2)19-7-9-21(10-8-19)26-14-5-4-6-15-26/h7-12,17-18,25H,3-6,13-16H2,1-2H3/t18-/m1/s1. The molecule has 1 saturated heterocycles. The maximum Gasteiger partial charge on any atom is 0.241 e. The first kappa shape index (κ1) is 21.8. The molecule has 2 aliphatic heterocycles. The van der Waals surface area contributed by atoms with Crippen LogP contribution in [0, 0.1) is 0 Å². The van der Waals surface area contributed by atoms with Crippen LogP contribution in [0.4, 0.5) is 11.4 Å². The molecule has 0 aromatic heterocycles. The van der Waals surface area contributed by atoms with Crippen molar-refractivity contribution in [3.8, 4) is 0 Å². The van der Waals surface area contributed by atoms with E-state index in [1.54, 1.807) is 23.1 Å². The lowest BCUT2D eigenvalue weighted by molar-refractivity contribution is -0.118. The van der Waals surface area contributed by atoms with Crippen molar-refractivity contribution in [2.75, 3.05) is 29.4 Å². The fraction of sp³-hybridized carbons (Fsp3) is 0.458. The normalized spacial score (nSPS) is 17.5. The summed E-state index contributed by atoms with van der Waals surface area (Å²) in [5.74, 6) is 0.0640. The van der Waals surface area contributed by atoms with E-state index in [2.05, 4.69) is 21.8 Å². The summed E-state index contributed by atoms with van der Waals surface area (Å²) < 4.78 is 28.8. The maximum absolute atomic E-state index is 13.0. The molecule has 31 heavy (non-hydrogen) atoms. The fourth-order valence-electron chi connectivity index (χ4n) is 4.49. The average Bonchev–Trinajstić information content (AvgIpc) is 3.22. The molecular formula is C24H31N3O3S. The van der Waals surface area contributed by atoms with Gasteiger partial charge in [0, 0.05) is 43.5 Å². The highest BCUT2D eigenvalue weighted by atomic mass is 32.2. The van der Waals surface area contributed by atoms with Crippen molar-refractivity contribution in [1.82, 2.24) is 4.72 Å². The first-order valence-corrected chi connectivity index (χ1v) is 12.7. The van der Waals surface area contributed by atoms with Gasteiger partial charge in [-0.1, -0.05) is 19.1 Å². The Morgan fingerprint density at radius 1 is 1.03 bits per heavy atom. The second-order valence-corrected chi connectivity index (χ2v) is 10.1. The van der Waals surface area contributed by atoms with E-state index in [1.165, 1.54) is 24.9 Å². The molecule has 0 bridgehead atoms. The van der Waals surface area contributed by atoms with Crippen LogP contribution in [0.25, 0.3) is 0 Å².